The maximum atomic E-state index is 5.99. The normalized spacial score (nSPS) is 15.5. The van der Waals surface area contributed by atoms with Crippen molar-refractivity contribution in [3.63, 3.8) is 0 Å². The van der Waals surface area contributed by atoms with Crippen LogP contribution in [0.1, 0.15) is 31.2 Å². The van der Waals surface area contributed by atoms with Gasteiger partial charge >= 0.3 is 0 Å². The van der Waals surface area contributed by atoms with Crippen molar-refractivity contribution >= 4 is 29.9 Å². The lowest BCUT2D eigenvalue weighted by molar-refractivity contribution is 0.311. The summed E-state index contributed by atoms with van der Waals surface area (Å²) in [6.45, 7) is 5.58. The highest BCUT2D eigenvalue weighted by molar-refractivity contribution is 14.0. The molecule has 0 spiro atoms. The fourth-order valence-corrected chi connectivity index (χ4v) is 2.31. The first-order valence-electron chi connectivity index (χ1n) is 7.50. The number of halogens is 1. The molecule has 2 N–H and O–H groups in total. The van der Waals surface area contributed by atoms with Crippen LogP contribution in [-0.4, -0.2) is 37.1 Å². The van der Waals surface area contributed by atoms with Gasteiger partial charge in [-0.15, -0.1) is 24.0 Å². The Balaban J connectivity index is 0.00000220. The van der Waals surface area contributed by atoms with Gasteiger partial charge in [-0.1, -0.05) is 17.7 Å². The van der Waals surface area contributed by atoms with Crippen LogP contribution in [0.25, 0.3) is 0 Å². The molecule has 0 unspecified atom stereocenters. The van der Waals surface area contributed by atoms with E-state index in [9.17, 15) is 0 Å². The molecule has 0 atom stereocenters. The van der Waals surface area contributed by atoms with Crippen LogP contribution in [0, 0.1) is 6.92 Å². The molecule has 1 aliphatic rings. The van der Waals surface area contributed by atoms with Gasteiger partial charge in [0.05, 0.1) is 6.61 Å². The third-order valence-electron chi connectivity index (χ3n) is 3.55. The lowest BCUT2D eigenvalue weighted by atomic mass is 10.1. The van der Waals surface area contributed by atoms with Gasteiger partial charge in [-0.3, -0.25) is 4.99 Å². The Hall–Kier alpha value is -0.980. The summed E-state index contributed by atoms with van der Waals surface area (Å²) in [5, 5.41) is 0. The molecular weight excluding hydrogens is 377 g/mol. The average Bonchev–Trinajstić information content (AvgIpc) is 2.49. The number of nitrogens with two attached hydrogens (primary N) is 1. The van der Waals surface area contributed by atoms with Crippen molar-refractivity contribution in [2.75, 3.05) is 26.2 Å². The van der Waals surface area contributed by atoms with E-state index in [1.165, 1.54) is 24.8 Å². The molecule has 1 aromatic rings. The van der Waals surface area contributed by atoms with Crippen LogP contribution >= 0.6 is 24.0 Å². The monoisotopic (exact) mass is 403 g/mol. The number of aliphatic imine (C=N–C) groups is 1. The van der Waals surface area contributed by atoms with Gasteiger partial charge in [0.2, 0.25) is 0 Å². The third-order valence-corrected chi connectivity index (χ3v) is 3.55. The molecule has 1 aliphatic heterocycles. The van der Waals surface area contributed by atoms with Gasteiger partial charge in [0.25, 0.3) is 0 Å². The van der Waals surface area contributed by atoms with Crippen molar-refractivity contribution in [2.24, 2.45) is 10.7 Å². The van der Waals surface area contributed by atoms with Crippen molar-refractivity contribution in [1.29, 1.82) is 0 Å². The number of hydrogen-bond donors (Lipinski definition) is 1. The van der Waals surface area contributed by atoms with E-state index in [0.717, 1.165) is 31.8 Å². The fourth-order valence-electron chi connectivity index (χ4n) is 2.31. The molecule has 4 nitrogen and oxygen atoms in total. The van der Waals surface area contributed by atoms with Crippen LogP contribution in [0.15, 0.2) is 29.3 Å². The minimum absolute atomic E-state index is 0. The van der Waals surface area contributed by atoms with Crippen molar-refractivity contribution in [2.45, 2.75) is 32.6 Å². The Morgan fingerprint density at radius 1 is 1.19 bits per heavy atom. The zero-order chi connectivity index (χ0) is 14.2. The van der Waals surface area contributed by atoms with E-state index in [-0.39, 0.29) is 24.0 Å². The van der Waals surface area contributed by atoms with E-state index in [1.807, 2.05) is 12.1 Å². The summed E-state index contributed by atoms with van der Waals surface area (Å²) in [4.78, 5) is 6.62. The molecule has 0 aromatic heterocycles. The van der Waals surface area contributed by atoms with E-state index in [0.29, 0.717) is 12.6 Å². The molecule has 0 saturated carbocycles. The maximum absolute atomic E-state index is 5.99. The molecular formula is C16H26IN3O. The van der Waals surface area contributed by atoms with Gasteiger partial charge < -0.3 is 15.4 Å². The van der Waals surface area contributed by atoms with Gasteiger partial charge in [0, 0.05) is 26.1 Å². The summed E-state index contributed by atoms with van der Waals surface area (Å²) >= 11 is 0. The van der Waals surface area contributed by atoms with Crippen LogP contribution < -0.4 is 10.5 Å². The van der Waals surface area contributed by atoms with Crippen molar-refractivity contribution in [3.05, 3.63) is 29.8 Å². The summed E-state index contributed by atoms with van der Waals surface area (Å²) < 4.78 is 5.66. The lowest BCUT2D eigenvalue weighted by Crippen LogP contribution is -2.40. The highest BCUT2D eigenvalue weighted by atomic mass is 127. The Morgan fingerprint density at radius 2 is 1.86 bits per heavy atom. The predicted molar refractivity (Wildman–Crippen MR) is 98.6 cm³/mol. The third kappa shape index (κ3) is 6.54. The van der Waals surface area contributed by atoms with Gasteiger partial charge in [-0.2, -0.15) is 0 Å². The molecule has 2 rings (SSSR count). The topological polar surface area (TPSA) is 50.9 Å². The number of benzene rings is 1. The molecule has 0 bridgehead atoms. The van der Waals surface area contributed by atoms with E-state index >= 15 is 0 Å². The second kappa shape index (κ2) is 9.87. The number of ether oxygens (including phenoxy) is 1. The molecule has 5 heteroatoms. The summed E-state index contributed by atoms with van der Waals surface area (Å²) in [7, 11) is 0. The summed E-state index contributed by atoms with van der Waals surface area (Å²) in [6, 6.07) is 8.12. The SMILES string of the molecule is Cc1ccc(OCCCN=C(N)N2CCCCC2)cc1.I. The van der Waals surface area contributed by atoms with Gasteiger partial charge in [-0.25, -0.2) is 0 Å². The summed E-state index contributed by atoms with van der Waals surface area (Å²) in [5.74, 6) is 1.61. The molecule has 1 fully saturated rings. The quantitative estimate of drug-likeness (QED) is 0.356. The van der Waals surface area contributed by atoms with Gasteiger partial charge in [0.1, 0.15) is 5.75 Å². The van der Waals surface area contributed by atoms with Crippen molar-refractivity contribution in [1.82, 2.24) is 4.90 Å². The van der Waals surface area contributed by atoms with Crippen LogP contribution in [0.5, 0.6) is 5.75 Å². The second-order valence-corrected chi connectivity index (χ2v) is 5.30. The van der Waals surface area contributed by atoms with Crippen LogP contribution in [0.3, 0.4) is 0 Å². The molecule has 0 aliphatic carbocycles. The Morgan fingerprint density at radius 3 is 2.52 bits per heavy atom. The molecule has 1 aromatic carbocycles. The number of likely N-dealkylation sites (tertiary alicyclic amines) is 1. The molecule has 0 amide bonds. The van der Waals surface area contributed by atoms with Crippen molar-refractivity contribution in [3.8, 4) is 5.75 Å². The maximum Gasteiger partial charge on any atom is 0.191 e. The number of aryl methyl sites for hydroxylation is 1. The minimum Gasteiger partial charge on any atom is -0.494 e. The van der Waals surface area contributed by atoms with E-state index < -0.39 is 0 Å². The molecule has 118 valence electrons. The zero-order valence-corrected chi connectivity index (χ0v) is 15.1. The number of guanidine groups is 1. The first-order valence-corrected chi connectivity index (χ1v) is 7.50. The van der Waals surface area contributed by atoms with Gasteiger partial charge in [0.15, 0.2) is 5.96 Å². The summed E-state index contributed by atoms with van der Waals surface area (Å²) in [5.41, 5.74) is 7.24. The largest absolute Gasteiger partial charge is 0.494 e. The molecule has 1 heterocycles. The minimum atomic E-state index is 0. The van der Waals surface area contributed by atoms with Crippen LogP contribution in [0.2, 0.25) is 0 Å². The number of rotatable bonds is 5. The Labute approximate surface area is 144 Å². The standard InChI is InChI=1S/C16H25N3O.HI/c1-14-6-8-15(9-7-14)20-13-5-10-18-16(17)19-11-3-2-4-12-19;/h6-9H,2-5,10-13H2,1H3,(H2,17,18);1H. The number of hydrogen-bond acceptors (Lipinski definition) is 2. The zero-order valence-electron chi connectivity index (χ0n) is 12.8. The Bertz CT molecular complexity index is 428. The van der Waals surface area contributed by atoms with Gasteiger partial charge in [-0.05, 0) is 38.3 Å². The first kappa shape index (κ1) is 18.1. The van der Waals surface area contributed by atoms with E-state index in [4.69, 9.17) is 10.5 Å². The summed E-state index contributed by atoms with van der Waals surface area (Å²) in [6.07, 6.45) is 4.66. The molecule has 21 heavy (non-hydrogen) atoms. The predicted octanol–water partition coefficient (Wildman–Crippen LogP) is 3.18. The highest BCUT2D eigenvalue weighted by Crippen LogP contribution is 2.11. The van der Waals surface area contributed by atoms with E-state index in [1.54, 1.807) is 0 Å². The van der Waals surface area contributed by atoms with E-state index in [2.05, 4.69) is 28.9 Å². The lowest BCUT2D eigenvalue weighted by Gasteiger charge is -2.27. The molecule has 0 radical (unpaired) electrons. The van der Waals surface area contributed by atoms with Crippen molar-refractivity contribution < 1.29 is 4.74 Å². The second-order valence-electron chi connectivity index (χ2n) is 5.30. The number of nitrogens with zero attached hydrogens (tertiary/aromatic N) is 2. The van der Waals surface area contributed by atoms with Crippen LogP contribution in [0.4, 0.5) is 0 Å². The fraction of sp³-hybridized carbons (Fsp3) is 0.562. The average molecular weight is 403 g/mol. The highest BCUT2D eigenvalue weighted by Gasteiger charge is 2.11. The first-order chi connectivity index (χ1) is 9.75. The Kier molecular flexibility index (Phi) is 8.49. The molecule has 1 saturated heterocycles. The number of piperidine rings is 1. The smallest absolute Gasteiger partial charge is 0.191 e. The van der Waals surface area contributed by atoms with Crippen LogP contribution in [-0.2, 0) is 0 Å².